The summed E-state index contributed by atoms with van der Waals surface area (Å²) in [5, 5.41) is 72.7. The fourth-order valence-electron chi connectivity index (χ4n) is 17.1. The van der Waals surface area contributed by atoms with Gasteiger partial charge in [0.1, 0.15) is 5.78 Å². The van der Waals surface area contributed by atoms with Crippen LogP contribution in [0.15, 0.2) is 4.30 Å². The molecule has 8 rings (SSSR count). The molecule has 8 saturated carbocycles. The van der Waals surface area contributed by atoms with Gasteiger partial charge in [0.25, 0.3) is 0 Å². The second-order valence-corrected chi connectivity index (χ2v) is 23.0. The van der Waals surface area contributed by atoms with Crippen LogP contribution >= 0.6 is 12.8 Å². The Bertz CT molecular complexity index is 1600. The first-order chi connectivity index (χ1) is 28.6. The third-order valence-corrected chi connectivity index (χ3v) is 20.5. The van der Waals surface area contributed by atoms with Crippen molar-refractivity contribution in [1.82, 2.24) is 0 Å². The molecule has 0 aromatic carbocycles. The standard InChI is InChI=1S/C24H40O5.C24H38O5.BHNS/c2*1-13(4-7-21(28)29)16-5-6-17-22-18(12-20(27)24(16,17)3)23(2)9-8-15(25)10-14(23)11-19(22)26;1-2-3/h13-20,22,25-27H,4-12H2,1-3H3,(H,28,29);13-18,20,22,25,27H,4-12H2,1-3H3,(H,28,29);3H/t13-,14+,15-,16-,17+,18+,19-,20+,22+,23+,24-;13-,14+,15-,16-,17+,18+,20+,22+,23+,24-;/m11./s1. The molecule has 1 radical (unpaired) electrons. The van der Waals surface area contributed by atoms with Crippen LogP contribution in [0.25, 0.3) is 0 Å². The van der Waals surface area contributed by atoms with Gasteiger partial charge < -0.3 is 35.7 Å². The van der Waals surface area contributed by atoms with E-state index in [9.17, 15) is 39.9 Å². The van der Waals surface area contributed by atoms with Crippen molar-refractivity contribution in [3.8, 4) is 0 Å². The van der Waals surface area contributed by atoms with Gasteiger partial charge in [-0.15, -0.1) is 0 Å². The fourth-order valence-corrected chi connectivity index (χ4v) is 17.1. The number of ketones is 1. The van der Waals surface area contributed by atoms with Gasteiger partial charge in [-0.25, -0.2) is 0 Å². The summed E-state index contributed by atoms with van der Waals surface area (Å²) < 4.78 is 2.69. The Balaban J connectivity index is 0.000000192. The molecule has 0 aromatic heterocycles. The summed E-state index contributed by atoms with van der Waals surface area (Å²) in [6.07, 6.45) is 11.7. The van der Waals surface area contributed by atoms with Crippen LogP contribution < -0.4 is 0 Å². The van der Waals surface area contributed by atoms with Gasteiger partial charge in [0.15, 0.2) is 0 Å². The number of aliphatic hydroxyl groups excluding tert-OH is 5. The number of carboxylic acid groups (broad SMARTS) is 2. The summed E-state index contributed by atoms with van der Waals surface area (Å²) in [6.45, 7) is 13.3. The quantitative estimate of drug-likeness (QED) is 0.0904. The van der Waals surface area contributed by atoms with Gasteiger partial charge in [-0.2, -0.15) is 0 Å². The number of fused-ring (bicyclic) bond motifs is 10. The number of carbonyl (C=O) groups excluding carboxylic acids is 1. The van der Waals surface area contributed by atoms with Crippen LogP contribution in [0.1, 0.15) is 157 Å². The van der Waals surface area contributed by atoms with Gasteiger partial charge in [-0.3, -0.25) is 14.4 Å². The first kappa shape index (κ1) is 49.1. The second kappa shape index (κ2) is 18.8. The molecule has 21 atom stereocenters. The predicted octanol–water partition coefficient (Wildman–Crippen LogP) is 7.29. The third-order valence-electron chi connectivity index (χ3n) is 20.5. The van der Waals surface area contributed by atoms with Crippen molar-refractivity contribution in [3.63, 3.8) is 0 Å². The molecule has 345 valence electrons. The number of hydrogen-bond acceptors (Lipinski definition) is 10. The van der Waals surface area contributed by atoms with E-state index in [4.69, 9.17) is 10.2 Å². The molecule has 0 aliphatic heterocycles. The van der Waals surface area contributed by atoms with E-state index in [1.54, 1.807) is 0 Å². The average Bonchev–Trinajstić information content (AvgIpc) is 3.74. The van der Waals surface area contributed by atoms with E-state index in [1.165, 1.54) is 0 Å². The Hall–Kier alpha value is -1.38. The van der Waals surface area contributed by atoms with E-state index in [0.717, 1.165) is 77.0 Å². The Morgan fingerprint density at radius 3 is 1.62 bits per heavy atom. The molecule has 0 heterocycles. The van der Waals surface area contributed by atoms with Crippen LogP contribution in [-0.2, 0) is 14.4 Å². The summed E-state index contributed by atoms with van der Waals surface area (Å²) >= 11 is 3.19. The number of nitrogens with zero attached hydrogens (tertiary/aromatic N) is 1. The number of rotatable bonds is 8. The number of carboxylic acids is 2. The molecule has 8 aliphatic carbocycles. The topological polar surface area (TPSA) is 205 Å². The molecule has 0 amide bonds. The SMILES string of the molecule is C[C@H](CCC(=O)O)[C@H]1CC[C@H]2[C@@H]3C(=O)C[C@@H]4C[C@H](O)CC[C@]4(C)[C@H]3C[C@H](O)[C@]12C.C[C@H](CCC(=O)O)[C@H]1CC[C@H]2[C@@H]3[C@H](O)C[C@@H]4C[C@H](O)CC[C@]4(C)[C@H]3C[C@H](O)[C@]12C.[B]=NS. The zero-order chi connectivity index (χ0) is 45.0. The van der Waals surface area contributed by atoms with Gasteiger partial charge in [0.05, 0.1) is 30.5 Å². The molecule has 0 unspecified atom stereocenters. The number of carbonyl (C=O) groups is 3. The van der Waals surface area contributed by atoms with Crippen LogP contribution in [0.3, 0.4) is 0 Å². The molecular weight excluding hydrogens is 793 g/mol. The van der Waals surface area contributed by atoms with Gasteiger partial charge >= 0.3 is 36.7 Å². The Kier molecular flexibility index (Phi) is 15.2. The molecule has 8 aliphatic rings. The van der Waals surface area contributed by atoms with Crippen LogP contribution in [0.4, 0.5) is 0 Å². The molecule has 0 bridgehead atoms. The predicted molar refractivity (Wildman–Crippen MR) is 236 cm³/mol. The van der Waals surface area contributed by atoms with Gasteiger partial charge in [-0.05, 0) is 178 Å². The molecule has 0 saturated heterocycles. The fraction of sp³-hybridized carbons (Fsp3) is 0.938. The van der Waals surface area contributed by atoms with Crippen molar-refractivity contribution in [3.05, 3.63) is 0 Å². The van der Waals surface area contributed by atoms with Gasteiger partial charge in [0.2, 0.25) is 0 Å². The molecule has 11 nitrogen and oxygen atoms in total. The first-order valence-corrected chi connectivity index (χ1v) is 24.4. The summed E-state index contributed by atoms with van der Waals surface area (Å²) in [5.74, 6) is 1.77. The maximum atomic E-state index is 13.4. The average molecular weight is 873 g/mol. The number of aliphatic carboxylic acids is 2. The molecule has 7 N–H and O–H groups in total. The van der Waals surface area contributed by atoms with Crippen molar-refractivity contribution in [2.24, 2.45) is 97.0 Å². The zero-order valence-corrected chi connectivity index (χ0v) is 38.8. The third kappa shape index (κ3) is 8.74. The van der Waals surface area contributed by atoms with Crippen molar-refractivity contribution in [2.75, 3.05) is 0 Å². The number of hydrogen-bond donors (Lipinski definition) is 8. The number of Topliss-reactive ketones (excluding diaryl/α,β-unsaturated/α-hetero) is 1. The van der Waals surface area contributed by atoms with Crippen LogP contribution in [0.2, 0.25) is 0 Å². The molecule has 0 aromatic rings. The molecular formula is C48H79BNO10S. The number of aliphatic hydroxyl groups is 5. The Labute approximate surface area is 371 Å². The van der Waals surface area contributed by atoms with E-state index >= 15 is 0 Å². The Morgan fingerprint density at radius 1 is 0.672 bits per heavy atom. The van der Waals surface area contributed by atoms with E-state index in [0.29, 0.717) is 55.1 Å². The minimum absolute atomic E-state index is 0.0246. The van der Waals surface area contributed by atoms with Crippen molar-refractivity contribution in [1.29, 1.82) is 0 Å². The summed E-state index contributed by atoms with van der Waals surface area (Å²) in [6, 6.07) is 0. The molecule has 61 heavy (non-hydrogen) atoms. The Morgan fingerprint density at radius 2 is 1.11 bits per heavy atom. The molecule has 13 heteroatoms. The maximum absolute atomic E-state index is 13.4. The number of thiol groups is 1. The van der Waals surface area contributed by atoms with Crippen molar-refractivity contribution >= 4 is 38.2 Å². The molecule has 8 fully saturated rings. The second-order valence-electron chi connectivity index (χ2n) is 22.8. The van der Waals surface area contributed by atoms with Gasteiger partial charge in [-0.1, -0.05) is 41.5 Å². The summed E-state index contributed by atoms with van der Waals surface area (Å²) in [4.78, 5) is 35.5. The van der Waals surface area contributed by atoms with Crippen molar-refractivity contribution < 1.29 is 50.1 Å². The first-order valence-electron chi connectivity index (χ1n) is 24.0. The minimum atomic E-state index is -0.762. The van der Waals surface area contributed by atoms with E-state index in [2.05, 4.69) is 66.3 Å². The van der Waals surface area contributed by atoms with E-state index in [-0.39, 0.29) is 100 Å². The van der Waals surface area contributed by atoms with Gasteiger partial charge in [0, 0.05) is 30.6 Å². The van der Waals surface area contributed by atoms with Crippen LogP contribution in [0, 0.1) is 92.7 Å². The van der Waals surface area contributed by atoms with Crippen molar-refractivity contribution in [2.45, 2.75) is 188 Å². The molecule has 0 spiro atoms. The zero-order valence-electron chi connectivity index (χ0n) is 37.9. The summed E-state index contributed by atoms with van der Waals surface area (Å²) in [5.41, 5.74) is -0.408. The summed E-state index contributed by atoms with van der Waals surface area (Å²) in [7, 11) is 4.34. The van der Waals surface area contributed by atoms with Crippen LogP contribution in [-0.4, -0.2) is 91.6 Å². The van der Waals surface area contributed by atoms with E-state index < -0.39 is 24.1 Å². The monoisotopic (exact) mass is 873 g/mol. The van der Waals surface area contributed by atoms with Crippen LogP contribution in [0.5, 0.6) is 0 Å². The normalized spacial score (nSPS) is 49.3. The van der Waals surface area contributed by atoms with E-state index in [1.807, 2.05) is 0 Å².